The SMILES string of the molecule is CCCCC[C@H](O)C=C[C@@H]1[C@H]2CC(CCCCCNCCC(=O)OC)=C[C@H]2C[C@H]1O. The van der Waals surface area contributed by atoms with Crippen LogP contribution in [0.5, 0.6) is 0 Å². The molecular formula is C25H43NO4. The molecule has 172 valence electrons. The molecule has 3 N–H and O–H groups in total. The van der Waals surface area contributed by atoms with Gasteiger partial charge in [-0.15, -0.1) is 0 Å². The molecule has 0 amide bonds. The highest BCUT2D eigenvalue weighted by Gasteiger charge is 2.43. The van der Waals surface area contributed by atoms with Crippen molar-refractivity contribution in [2.24, 2.45) is 17.8 Å². The number of methoxy groups -OCH3 is 1. The predicted octanol–water partition coefficient (Wildman–Crippen LogP) is 4.14. The number of aliphatic hydroxyl groups is 2. The van der Waals surface area contributed by atoms with E-state index in [2.05, 4.69) is 29.1 Å². The van der Waals surface area contributed by atoms with Crippen LogP contribution in [0, 0.1) is 17.8 Å². The molecule has 5 heteroatoms. The van der Waals surface area contributed by atoms with Gasteiger partial charge in [0.05, 0.1) is 25.7 Å². The summed E-state index contributed by atoms with van der Waals surface area (Å²) >= 11 is 0. The maximum absolute atomic E-state index is 11.0. The lowest BCUT2D eigenvalue weighted by atomic mass is 9.88. The summed E-state index contributed by atoms with van der Waals surface area (Å²) in [6, 6.07) is 0. The molecule has 0 aliphatic heterocycles. The molecule has 5 atom stereocenters. The van der Waals surface area contributed by atoms with Gasteiger partial charge in [0, 0.05) is 12.5 Å². The smallest absolute Gasteiger partial charge is 0.306 e. The second-order valence-corrected chi connectivity index (χ2v) is 9.07. The van der Waals surface area contributed by atoms with Crippen LogP contribution >= 0.6 is 0 Å². The minimum absolute atomic E-state index is 0.162. The molecule has 1 fully saturated rings. The Hall–Kier alpha value is -1.17. The Morgan fingerprint density at radius 2 is 2.10 bits per heavy atom. The van der Waals surface area contributed by atoms with Crippen molar-refractivity contribution < 1.29 is 19.7 Å². The summed E-state index contributed by atoms with van der Waals surface area (Å²) in [5.74, 6) is 1.03. The summed E-state index contributed by atoms with van der Waals surface area (Å²) in [7, 11) is 1.42. The van der Waals surface area contributed by atoms with Crippen molar-refractivity contribution in [2.75, 3.05) is 20.2 Å². The average molecular weight is 422 g/mol. The maximum Gasteiger partial charge on any atom is 0.306 e. The third-order valence-electron chi connectivity index (χ3n) is 6.69. The van der Waals surface area contributed by atoms with Crippen LogP contribution in [0.25, 0.3) is 0 Å². The van der Waals surface area contributed by atoms with Gasteiger partial charge < -0.3 is 20.3 Å². The maximum atomic E-state index is 11.0. The number of carbonyl (C=O) groups is 1. The lowest BCUT2D eigenvalue weighted by Gasteiger charge is -2.19. The van der Waals surface area contributed by atoms with E-state index in [9.17, 15) is 15.0 Å². The van der Waals surface area contributed by atoms with E-state index in [4.69, 9.17) is 0 Å². The fourth-order valence-electron chi connectivity index (χ4n) is 4.94. The van der Waals surface area contributed by atoms with Gasteiger partial charge in [-0.05, 0) is 56.9 Å². The van der Waals surface area contributed by atoms with Crippen molar-refractivity contribution in [3.8, 4) is 0 Å². The summed E-state index contributed by atoms with van der Waals surface area (Å²) < 4.78 is 4.63. The molecule has 0 unspecified atom stereocenters. The largest absolute Gasteiger partial charge is 0.469 e. The van der Waals surface area contributed by atoms with Gasteiger partial charge in [0.2, 0.25) is 0 Å². The molecule has 30 heavy (non-hydrogen) atoms. The van der Waals surface area contributed by atoms with E-state index >= 15 is 0 Å². The van der Waals surface area contributed by atoms with Gasteiger partial charge in [-0.2, -0.15) is 0 Å². The Bertz CT molecular complexity index is 559. The molecule has 0 aromatic heterocycles. The van der Waals surface area contributed by atoms with Gasteiger partial charge in [-0.3, -0.25) is 4.79 Å². The first-order valence-electron chi connectivity index (χ1n) is 12.1. The van der Waals surface area contributed by atoms with Gasteiger partial charge in [0.15, 0.2) is 0 Å². The molecule has 0 aromatic carbocycles. The Morgan fingerprint density at radius 1 is 1.27 bits per heavy atom. The third kappa shape index (κ3) is 8.52. The second kappa shape index (κ2) is 14.0. The molecule has 0 radical (unpaired) electrons. The number of esters is 1. The van der Waals surface area contributed by atoms with E-state index in [-0.39, 0.29) is 24.1 Å². The van der Waals surface area contributed by atoms with E-state index in [1.54, 1.807) is 5.57 Å². The summed E-state index contributed by atoms with van der Waals surface area (Å²) in [6.07, 6.45) is 17.1. The number of hydrogen-bond acceptors (Lipinski definition) is 5. The summed E-state index contributed by atoms with van der Waals surface area (Å²) in [4.78, 5) is 11.0. The second-order valence-electron chi connectivity index (χ2n) is 9.07. The van der Waals surface area contributed by atoms with Crippen LogP contribution in [0.15, 0.2) is 23.8 Å². The zero-order chi connectivity index (χ0) is 21.8. The lowest BCUT2D eigenvalue weighted by Crippen LogP contribution is -2.19. The van der Waals surface area contributed by atoms with Gasteiger partial charge in [-0.1, -0.05) is 56.4 Å². The lowest BCUT2D eigenvalue weighted by molar-refractivity contribution is -0.140. The molecular weight excluding hydrogens is 378 g/mol. The molecule has 5 nitrogen and oxygen atoms in total. The van der Waals surface area contributed by atoms with Gasteiger partial charge >= 0.3 is 5.97 Å². The molecule has 0 heterocycles. The average Bonchev–Trinajstić information content (AvgIpc) is 3.24. The van der Waals surface area contributed by atoms with Crippen LogP contribution in [0.3, 0.4) is 0 Å². The van der Waals surface area contributed by atoms with Crippen molar-refractivity contribution in [2.45, 2.75) is 89.8 Å². The predicted molar refractivity (Wildman–Crippen MR) is 121 cm³/mol. The monoisotopic (exact) mass is 421 g/mol. The van der Waals surface area contributed by atoms with Crippen molar-refractivity contribution >= 4 is 5.97 Å². The van der Waals surface area contributed by atoms with Crippen LogP contribution in [0.2, 0.25) is 0 Å². The first-order valence-corrected chi connectivity index (χ1v) is 12.1. The van der Waals surface area contributed by atoms with E-state index in [1.807, 2.05) is 6.08 Å². The molecule has 1 saturated carbocycles. The van der Waals surface area contributed by atoms with Crippen molar-refractivity contribution in [3.63, 3.8) is 0 Å². The van der Waals surface area contributed by atoms with Gasteiger partial charge in [0.1, 0.15) is 0 Å². The molecule has 0 saturated heterocycles. The number of allylic oxidation sites excluding steroid dienone is 2. The Balaban J connectivity index is 1.62. The van der Waals surface area contributed by atoms with Crippen LogP contribution in [0.4, 0.5) is 0 Å². The summed E-state index contributed by atoms with van der Waals surface area (Å²) in [6.45, 7) is 3.80. The highest BCUT2D eigenvalue weighted by Crippen LogP contribution is 2.48. The molecule has 2 aliphatic carbocycles. The summed E-state index contributed by atoms with van der Waals surface area (Å²) in [5, 5.41) is 23.9. The normalized spacial score (nSPS) is 26.7. The standard InChI is InChI=1S/C25H43NO4/c1-3-4-6-10-21(27)11-12-22-23-17-19(16-20(23)18-24(22)28)9-7-5-8-14-26-15-13-25(29)30-2/h11-12,16,20-24,26-28H,3-10,13-15,17-18H2,1-2H3/t20-,21-,22+,23-,24+/m0/s1. The Labute approximate surface area is 183 Å². The summed E-state index contributed by atoms with van der Waals surface area (Å²) in [5.41, 5.74) is 1.55. The molecule has 2 aliphatic rings. The number of unbranched alkanes of at least 4 members (excludes halogenated alkanes) is 4. The zero-order valence-corrected chi connectivity index (χ0v) is 19.0. The number of hydrogen-bond donors (Lipinski definition) is 3. The number of fused-ring (bicyclic) bond motifs is 1. The van der Waals surface area contributed by atoms with Crippen LogP contribution in [-0.4, -0.2) is 48.6 Å². The number of rotatable bonds is 15. The van der Waals surface area contributed by atoms with E-state index < -0.39 is 0 Å². The number of aliphatic hydroxyl groups excluding tert-OH is 2. The zero-order valence-electron chi connectivity index (χ0n) is 19.0. The molecule has 2 rings (SSSR count). The fourth-order valence-corrected chi connectivity index (χ4v) is 4.94. The first kappa shape index (κ1) is 25.1. The minimum Gasteiger partial charge on any atom is -0.469 e. The molecule has 0 aromatic rings. The van der Waals surface area contributed by atoms with Crippen molar-refractivity contribution in [3.05, 3.63) is 23.8 Å². The number of ether oxygens (including phenoxy) is 1. The minimum atomic E-state index is -0.377. The van der Waals surface area contributed by atoms with Crippen LogP contribution < -0.4 is 5.32 Å². The third-order valence-corrected chi connectivity index (χ3v) is 6.69. The van der Waals surface area contributed by atoms with Crippen LogP contribution in [-0.2, 0) is 9.53 Å². The molecule has 0 bridgehead atoms. The van der Waals surface area contributed by atoms with E-state index in [0.29, 0.717) is 24.8 Å². The number of nitrogens with one attached hydrogen (secondary N) is 1. The Kier molecular flexibility index (Phi) is 11.7. The topological polar surface area (TPSA) is 78.8 Å². The van der Waals surface area contributed by atoms with Crippen molar-refractivity contribution in [1.82, 2.24) is 5.32 Å². The first-order chi connectivity index (χ1) is 14.5. The quantitative estimate of drug-likeness (QED) is 0.210. The molecule has 0 spiro atoms. The van der Waals surface area contributed by atoms with E-state index in [0.717, 1.165) is 45.1 Å². The van der Waals surface area contributed by atoms with E-state index in [1.165, 1.54) is 32.8 Å². The van der Waals surface area contributed by atoms with Gasteiger partial charge in [0.25, 0.3) is 0 Å². The fraction of sp³-hybridized carbons (Fsp3) is 0.800. The van der Waals surface area contributed by atoms with Crippen LogP contribution in [0.1, 0.15) is 77.6 Å². The number of carbonyl (C=O) groups excluding carboxylic acids is 1. The highest BCUT2D eigenvalue weighted by molar-refractivity contribution is 5.69. The van der Waals surface area contributed by atoms with Gasteiger partial charge in [-0.25, -0.2) is 0 Å². The highest BCUT2D eigenvalue weighted by atomic mass is 16.5. The Morgan fingerprint density at radius 3 is 2.87 bits per heavy atom. The van der Waals surface area contributed by atoms with Crippen molar-refractivity contribution in [1.29, 1.82) is 0 Å².